The van der Waals surface area contributed by atoms with Crippen LogP contribution in [0.5, 0.6) is 0 Å². The molecule has 8 unspecified atom stereocenters. The molecule has 4 aliphatic carbocycles. The van der Waals surface area contributed by atoms with E-state index in [1.807, 2.05) is 0 Å². The molecule has 4 saturated carbocycles. The molecule has 0 aromatic carbocycles. The van der Waals surface area contributed by atoms with Gasteiger partial charge in [-0.05, 0) is 150 Å². The lowest BCUT2D eigenvalue weighted by molar-refractivity contribution is -0.145. The van der Waals surface area contributed by atoms with E-state index >= 15 is 0 Å². The van der Waals surface area contributed by atoms with Gasteiger partial charge in [-0.15, -0.1) is 0 Å². The Balaban J connectivity index is 1.15. The minimum atomic E-state index is -4.15. The summed E-state index contributed by atoms with van der Waals surface area (Å²) in [7, 11) is 0. The SMILES string of the molecule is CC(C)C1CC2C3(C1)CC(C=O)(CC(=O)O)[C@@H]1CC[C@@H](C)[C@H]1CC23C1CC(CCCC(F)(F)F)C(CN2CCC(N3CCCCC3)CC2)O1. The highest BCUT2D eigenvalue weighted by atomic mass is 19.4. The number of ether oxygens (including phenoxy) is 1. The monoisotopic (exact) mass is 692 g/mol. The van der Waals surface area contributed by atoms with Crippen LogP contribution in [0.3, 0.4) is 0 Å². The van der Waals surface area contributed by atoms with Gasteiger partial charge in [0.25, 0.3) is 0 Å². The Morgan fingerprint density at radius 3 is 2.41 bits per heavy atom. The smallest absolute Gasteiger partial charge is 0.389 e. The highest BCUT2D eigenvalue weighted by Crippen LogP contribution is 2.88. The first-order valence-corrected chi connectivity index (χ1v) is 20.2. The Labute approximate surface area is 292 Å². The van der Waals surface area contributed by atoms with Gasteiger partial charge in [0, 0.05) is 29.8 Å². The zero-order valence-corrected chi connectivity index (χ0v) is 30.4. The maximum absolute atomic E-state index is 13.4. The number of fused-ring (bicyclic) bond motifs is 2. The second kappa shape index (κ2) is 13.7. The van der Waals surface area contributed by atoms with E-state index in [1.54, 1.807) is 0 Å². The molecule has 9 heteroatoms. The maximum atomic E-state index is 13.4. The zero-order chi connectivity index (χ0) is 34.8. The minimum Gasteiger partial charge on any atom is -0.481 e. The number of carbonyl (C=O) groups is 2. The van der Waals surface area contributed by atoms with Crippen molar-refractivity contribution < 1.29 is 32.6 Å². The molecule has 49 heavy (non-hydrogen) atoms. The van der Waals surface area contributed by atoms with Crippen LogP contribution in [-0.4, -0.2) is 84.3 Å². The topological polar surface area (TPSA) is 70.1 Å². The normalized spacial score (nSPS) is 44.8. The van der Waals surface area contributed by atoms with E-state index in [0.29, 0.717) is 42.6 Å². The number of likely N-dealkylation sites (tertiary alicyclic amines) is 2. The number of carboxylic acid groups (broad SMARTS) is 1. The van der Waals surface area contributed by atoms with Crippen molar-refractivity contribution in [1.29, 1.82) is 0 Å². The number of carboxylic acids is 1. The molecular formula is C40H63F3N2O4. The zero-order valence-electron chi connectivity index (χ0n) is 30.4. The summed E-state index contributed by atoms with van der Waals surface area (Å²) in [6.45, 7) is 12.1. The summed E-state index contributed by atoms with van der Waals surface area (Å²) >= 11 is 0. The van der Waals surface area contributed by atoms with Crippen LogP contribution in [0.25, 0.3) is 0 Å². The fraction of sp³-hybridized carbons (Fsp3) is 0.950. The second-order valence-corrected chi connectivity index (χ2v) is 18.6. The summed E-state index contributed by atoms with van der Waals surface area (Å²) in [5, 5.41) is 10.2. The van der Waals surface area contributed by atoms with E-state index in [2.05, 4.69) is 30.6 Å². The molecule has 0 radical (unpaired) electrons. The Kier molecular flexibility index (Phi) is 10.1. The largest absolute Gasteiger partial charge is 0.481 e. The van der Waals surface area contributed by atoms with Crippen molar-refractivity contribution in [3.05, 3.63) is 0 Å². The van der Waals surface area contributed by atoms with Crippen molar-refractivity contribution in [3.63, 3.8) is 0 Å². The number of hydrogen-bond acceptors (Lipinski definition) is 5. The standard InChI is InChI=1S/C40H63F3N2O4/c1-26(2)29-18-34-38(20-29)24-37(25-46,22-36(47)48)32-10-9-27(3)31(32)21-39(34,38)35-19-28(8-7-13-40(41,42)43)33(49-35)23-44-16-11-30(12-17-44)45-14-5-4-6-15-45/h25-35H,4-24H2,1-3H3,(H,47,48)/t27-,28?,29?,31-,32-,33?,34?,35?,37?,38?,39?/m1/s1. The number of carbonyl (C=O) groups excluding carboxylic acids is 1. The van der Waals surface area contributed by atoms with Crippen LogP contribution < -0.4 is 0 Å². The van der Waals surface area contributed by atoms with Gasteiger partial charge in [-0.25, -0.2) is 0 Å². The van der Waals surface area contributed by atoms with Gasteiger partial charge in [0.2, 0.25) is 0 Å². The molecule has 0 aromatic heterocycles. The third-order valence-electron chi connectivity index (χ3n) is 16.0. The molecule has 7 aliphatic rings. The lowest BCUT2D eigenvalue weighted by Crippen LogP contribution is -2.48. The number of piperidine rings is 2. The Morgan fingerprint density at radius 1 is 1.02 bits per heavy atom. The summed E-state index contributed by atoms with van der Waals surface area (Å²) in [6.07, 6.45) is 9.35. The molecule has 1 N–H and O–H groups in total. The molecule has 278 valence electrons. The van der Waals surface area contributed by atoms with Crippen LogP contribution in [0.1, 0.15) is 124 Å². The van der Waals surface area contributed by atoms with E-state index in [4.69, 9.17) is 4.74 Å². The van der Waals surface area contributed by atoms with Crippen molar-refractivity contribution in [2.75, 3.05) is 32.7 Å². The van der Waals surface area contributed by atoms with E-state index in [-0.39, 0.29) is 53.6 Å². The molecule has 11 atom stereocenters. The van der Waals surface area contributed by atoms with Gasteiger partial charge >= 0.3 is 12.1 Å². The molecule has 6 nitrogen and oxygen atoms in total. The van der Waals surface area contributed by atoms with Gasteiger partial charge in [-0.3, -0.25) is 4.79 Å². The number of nitrogens with zero attached hydrogens (tertiary/aromatic N) is 2. The summed E-state index contributed by atoms with van der Waals surface area (Å²) in [5.41, 5.74) is -1.08. The minimum absolute atomic E-state index is 0.0295. The van der Waals surface area contributed by atoms with Crippen molar-refractivity contribution in [2.24, 2.45) is 57.7 Å². The van der Waals surface area contributed by atoms with E-state index in [9.17, 15) is 27.9 Å². The van der Waals surface area contributed by atoms with Crippen LogP contribution in [0.4, 0.5) is 13.2 Å². The summed E-state index contributed by atoms with van der Waals surface area (Å²) < 4.78 is 47.4. The predicted octanol–water partition coefficient (Wildman–Crippen LogP) is 8.23. The number of aldehydes is 1. The van der Waals surface area contributed by atoms with E-state index < -0.39 is 24.0 Å². The van der Waals surface area contributed by atoms with Crippen molar-refractivity contribution in [3.8, 4) is 0 Å². The molecule has 0 amide bonds. The van der Waals surface area contributed by atoms with E-state index in [1.165, 1.54) is 32.4 Å². The quantitative estimate of drug-likeness (QED) is 0.220. The van der Waals surface area contributed by atoms with Gasteiger partial charge < -0.3 is 24.4 Å². The molecule has 3 saturated heterocycles. The van der Waals surface area contributed by atoms with Crippen LogP contribution in [0.2, 0.25) is 0 Å². The van der Waals surface area contributed by atoms with Gasteiger partial charge in [-0.1, -0.05) is 33.6 Å². The van der Waals surface area contributed by atoms with Crippen LogP contribution in [-0.2, 0) is 14.3 Å². The lowest BCUT2D eigenvalue weighted by Gasteiger charge is -2.41. The van der Waals surface area contributed by atoms with Gasteiger partial charge in [-0.2, -0.15) is 13.2 Å². The first-order valence-electron chi connectivity index (χ1n) is 20.2. The van der Waals surface area contributed by atoms with Crippen LogP contribution >= 0.6 is 0 Å². The number of hydrogen-bond donors (Lipinski definition) is 1. The molecule has 1 spiro atoms. The molecule has 3 aliphatic heterocycles. The Bertz CT molecular complexity index is 1200. The molecule has 7 fully saturated rings. The van der Waals surface area contributed by atoms with Crippen molar-refractivity contribution in [2.45, 2.75) is 148 Å². The number of alkyl halides is 3. The maximum Gasteiger partial charge on any atom is 0.389 e. The van der Waals surface area contributed by atoms with E-state index in [0.717, 1.165) is 77.3 Å². The number of rotatable bonds is 11. The average Bonchev–Trinajstić information content (AvgIpc) is 3.47. The van der Waals surface area contributed by atoms with Crippen molar-refractivity contribution in [1.82, 2.24) is 9.80 Å². The first kappa shape index (κ1) is 36.2. The van der Waals surface area contributed by atoms with Gasteiger partial charge in [0.15, 0.2) is 0 Å². The predicted molar refractivity (Wildman–Crippen MR) is 183 cm³/mol. The Hall–Kier alpha value is -1.19. The van der Waals surface area contributed by atoms with Crippen LogP contribution in [0, 0.1) is 57.7 Å². The molecule has 3 heterocycles. The highest BCUT2D eigenvalue weighted by molar-refractivity contribution is 5.75. The Morgan fingerprint density at radius 2 is 1.76 bits per heavy atom. The van der Waals surface area contributed by atoms with Crippen LogP contribution in [0.15, 0.2) is 0 Å². The third kappa shape index (κ3) is 6.55. The van der Waals surface area contributed by atoms with Crippen molar-refractivity contribution >= 4 is 12.3 Å². The van der Waals surface area contributed by atoms with Gasteiger partial charge in [0.05, 0.1) is 18.6 Å². The third-order valence-corrected chi connectivity index (χ3v) is 16.0. The average molecular weight is 693 g/mol. The number of halogens is 3. The molecule has 0 bridgehead atoms. The first-order chi connectivity index (χ1) is 23.3. The number of aliphatic carboxylic acids is 1. The second-order valence-electron chi connectivity index (χ2n) is 18.6. The lowest BCUT2D eigenvalue weighted by atomic mass is 9.64. The van der Waals surface area contributed by atoms with Gasteiger partial charge in [0.1, 0.15) is 6.29 Å². The molecule has 7 rings (SSSR count). The summed E-state index contributed by atoms with van der Waals surface area (Å²) in [4.78, 5) is 30.9. The highest BCUT2D eigenvalue weighted by Gasteiger charge is 2.84. The fourth-order valence-electron chi connectivity index (χ4n) is 13.6. The molecular weight excluding hydrogens is 629 g/mol. The summed E-state index contributed by atoms with van der Waals surface area (Å²) in [5.74, 6) is 1.46. The molecule has 0 aromatic rings. The fourth-order valence-corrected chi connectivity index (χ4v) is 13.6. The summed E-state index contributed by atoms with van der Waals surface area (Å²) in [6, 6.07) is 0.645.